The number of aryl methyl sites for hydroxylation is 4. The largest absolute Gasteiger partial charge is 0.326 e. The molecular formula is C25H27N3O2. The Morgan fingerprint density at radius 3 is 2.37 bits per heavy atom. The van der Waals surface area contributed by atoms with Gasteiger partial charge in [-0.1, -0.05) is 35.9 Å². The Morgan fingerprint density at radius 2 is 1.70 bits per heavy atom. The molecule has 4 rings (SSSR count). The van der Waals surface area contributed by atoms with Crippen molar-refractivity contribution in [2.75, 3.05) is 18.0 Å². The lowest BCUT2D eigenvalue weighted by Gasteiger charge is -2.33. The molecule has 0 aromatic heterocycles. The molecule has 0 aliphatic carbocycles. The Hall–Kier alpha value is -3.34. The van der Waals surface area contributed by atoms with E-state index < -0.39 is 6.04 Å². The van der Waals surface area contributed by atoms with E-state index in [9.17, 15) is 9.59 Å². The number of rotatable bonds is 4. The van der Waals surface area contributed by atoms with Crippen molar-refractivity contribution in [3.8, 4) is 0 Å². The number of benzene rings is 2. The molecule has 1 atom stereocenters. The molecule has 2 aliphatic heterocycles. The van der Waals surface area contributed by atoms with Crippen LogP contribution in [0.15, 0.2) is 60.3 Å². The molecule has 1 N–H and O–H groups in total. The molecule has 3 amide bonds. The number of carbonyl (C=O) groups is 2. The van der Waals surface area contributed by atoms with Gasteiger partial charge in [-0.3, -0.25) is 9.69 Å². The van der Waals surface area contributed by atoms with Gasteiger partial charge in [-0.05, 0) is 62.1 Å². The maximum absolute atomic E-state index is 13.6. The standard InChI is InChI=1S/C25H27N3O2/c1-6-11-27-21-14-28(19-9-7-15(2)8-10-19)24(29)22(21)23(26-25(27)30)20-13-17(4)16(3)12-18(20)5/h6-10,12-13,23H,1,11,14H2,2-5H3,(H,26,30). The van der Waals surface area contributed by atoms with Gasteiger partial charge in [0, 0.05) is 12.2 Å². The van der Waals surface area contributed by atoms with E-state index in [-0.39, 0.29) is 11.9 Å². The summed E-state index contributed by atoms with van der Waals surface area (Å²) >= 11 is 0. The first-order valence-corrected chi connectivity index (χ1v) is 10.2. The Balaban J connectivity index is 1.83. The van der Waals surface area contributed by atoms with Crippen LogP contribution in [0.25, 0.3) is 0 Å². The summed E-state index contributed by atoms with van der Waals surface area (Å²) in [6, 6.07) is 11.4. The summed E-state index contributed by atoms with van der Waals surface area (Å²) in [6.07, 6.45) is 1.69. The van der Waals surface area contributed by atoms with Crippen molar-refractivity contribution in [3.63, 3.8) is 0 Å². The maximum atomic E-state index is 13.6. The molecule has 0 spiro atoms. The minimum absolute atomic E-state index is 0.0643. The zero-order valence-corrected chi connectivity index (χ0v) is 18.0. The zero-order chi connectivity index (χ0) is 21.6. The van der Waals surface area contributed by atoms with Gasteiger partial charge >= 0.3 is 6.03 Å². The fraction of sp³-hybridized carbons (Fsp3) is 0.280. The van der Waals surface area contributed by atoms with Gasteiger partial charge in [-0.15, -0.1) is 6.58 Å². The van der Waals surface area contributed by atoms with E-state index in [0.717, 1.165) is 33.6 Å². The Morgan fingerprint density at radius 1 is 1.03 bits per heavy atom. The second-order valence-corrected chi connectivity index (χ2v) is 8.16. The molecule has 30 heavy (non-hydrogen) atoms. The first kappa shape index (κ1) is 20.0. The van der Waals surface area contributed by atoms with Crippen LogP contribution in [-0.2, 0) is 4.79 Å². The Bertz CT molecular complexity index is 1080. The normalized spacial score (nSPS) is 18.6. The summed E-state index contributed by atoms with van der Waals surface area (Å²) in [5.41, 5.74) is 7.74. The van der Waals surface area contributed by atoms with Crippen LogP contribution in [0.3, 0.4) is 0 Å². The van der Waals surface area contributed by atoms with Crippen molar-refractivity contribution in [2.24, 2.45) is 0 Å². The zero-order valence-electron chi connectivity index (χ0n) is 18.0. The summed E-state index contributed by atoms with van der Waals surface area (Å²) in [5, 5.41) is 3.07. The lowest BCUT2D eigenvalue weighted by Crippen LogP contribution is -2.47. The molecule has 2 aliphatic rings. The highest BCUT2D eigenvalue weighted by Crippen LogP contribution is 2.39. The van der Waals surface area contributed by atoms with Crippen LogP contribution in [0.5, 0.6) is 0 Å². The third-order valence-electron chi connectivity index (χ3n) is 6.07. The number of amides is 3. The number of carbonyl (C=O) groups excluding carboxylic acids is 2. The van der Waals surface area contributed by atoms with Gasteiger partial charge in [0.1, 0.15) is 0 Å². The molecule has 5 heteroatoms. The molecule has 1 unspecified atom stereocenters. The predicted molar refractivity (Wildman–Crippen MR) is 119 cm³/mol. The monoisotopic (exact) mass is 401 g/mol. The van der Waals surface area contributed by atoms with E-state index in [1.165, 1.54) is 5.56 Å². The SMILES string of the molecule is C=CCN1C(=O)NC(c2cc(C)c(C)cc2C)C2=C1CN(c1ccc(C)cc1)C2=O. The molecule has 2 heterocycles. The topological polar surface area (TPSA) is 52.7 Å². The molecule has 0 radical (unpaired) electrons. The van der Waals surface area contributed by atoms with Gasteiger partial charge in [0.2, 0.25) is 0 Å². The molecule has 2 aromatic rings. The van der Waals surface area contributed by atoms with Gasteiger partial charge < -0.3 is 10.2 Å². The molecule has 0 saturated heterocycles. The van der Waals surface area contributed by atoms with Crippen molar-refractivity contribution in [1.29, 1.82) is 0 Å². The number of nitrogens with zero attached hydrogens (tertiary/aromatic N) is 2. The lowest BCUT2D eigenvalue weighted by atomic mass is 9.90. The number of anilines is 1. The predicted octanol–water partition coefficient (Wildman–Crippen LogP) is 4.47. The number of urea groups is 1. The van der Waals surface area contributed by atoms with E-state index in [1.807, 2.05) is 38.1 Å². The van der Waals surface area contributed by atoms with Gasteiger partial charge in [0.05, 0.1) is 23.9 Å². The second kappa shape index (κ2) is 7.48. The molecule has 0 bridgehead atoms. The van der Waals surface area contributed by atoms with Crippen LogP contribution in [0.4, 0.5) is 10.5 Å². The first-order valence-electron chi connectivity index (χ1n) is 10.2. The van der Waals surface area contributed by atoms with Crippen LogP contribution in [0.1, 0.15) is 33.9 Å². The number of nitrogens with one attached hydrogen (secondary N) is 1. The van der Waals surface area contributed by atoms with Crippen LogP contribution >= 0.6 is 0 Å². The van der Waals surface area contributed by atoms with Crippen molar-refractivity contribution in [3.05, 3.63) is 88.1 Å². The highest BCUT2D eigenvalue weighted by molar-refractivity contribution is 6.11. The molecule has 5 nitrogen and oxygen atoms in total. The number of hydrogen-bond donors (Lipinski definition) is 1. The second-order valence-electron chi connectivity index (χ2n) is 8.16. The molecule has 0 fully saturated rings. The third kappa shape index (κ3) is 3.20. The van der Waals surface area contributed by atoms with E-state index in [0.29, 0.717) is 18.7 Å². The highest BCUT2D eigenvalue weighted by atomic mass is 16.2. The summed E-state index contributed by atoms with van der Waals surface area (Å²) < 4.78 is 0. The van der Waals surface area contributed by atoms with Crippen LogP contribution in [0.2, 0.25) is 0 Å². The minimum atomic E-state index is -0.462. The van der Waals surface area contributed by atoms with E-state index in [4.69, 9.17) is 0 Å². The summed E-state index contributed by atoms with van der Waals surface area (Å²) in [6.45, 7) is 12.7. The fourth-order valence-corrected chi connectivity index (χ4v) is 4.28. The smallest absolute Gasteiger partial charge is 0.322 e. The van der Waals surface area contributed by atoms with Gasteiger partial charge in [0.15, 0.2) is 0 Å². The quantitative estimate of drug-likeness (QED) is 0.769. The maximum Gasteiger partial charge on any atom is 0.322 e. The van der Waals surface area contributed by atoms with Gasteiger partial charge in [-0.2, -0.15) is 0 Å². The van der Waals surface area contributed by atoms with Gasteiger partial charge in [0.25, 0.3) is 5.91 Å². The third-order valence-corrected chi connectivity index (χ3v) is 6.07. The van der Waals surface area contributed by atoms with E-state index in [1.54, 1.807) is 15.9 Å². The number of hydrogen-bond acceptors (Lipinski definition) is 2. The minimum Gasteiger partial charge on any atom is -0.326 e. The van der Waals surface area contributed by atoms with E-state index in [2.05, 4.69) is 37.9 Å². The van der Waals surface area contributed by atoms with Crippen molar-refractivity contribution in [1.82, 2.24) is 10.2 Å². The molecular weight excluding hydrogens is 374 g/mol. The van der Waals surface area contributed by atoms with Gasteiger partial charge in [-0.25, -0.2) is 4.79 Å². The van der Waals surface area contributed by atoms with Crippen molar-refractivity contribution < 1.29 is 9.59 Å². The Kier molecular flexibility index (Phi) is 4.98. The summed E-state index contributed by atoms with van der Waals surface area (Å²) in [4.78, 5) is 29.9. The van der Waals surface area contributed by atoms with Crippen LogP contribution < -0.4 is 10.2 Å². The van der Waals surface area contributed by atoms with Crippen molar-refractivity contribution >= 4 is 17.6 Å². The lowest BCUT2D eigenvalue weighted by molar-refractivity contribution is -0.114. The summed E-state index contributed by atoms with van der Waals surface area (Å²) in [7, 11) is 0. The average Bonchev–Trinajstić information content (AvgIpc) is 3.05. The van der Waals surface area contributed by atoms with Crippen LogP contribution in [0, 0.1) is 27.7 Å². The average molecular weight is 402 g/mol. The van der Waals surface area contributed by atoms with Crippen LogP contribution in [-0.4, -0.2) is 29.9 Å². The van der Waals surface area contributed by atoms with Crippen molar-refractivity contribution in [2.45, 2.75) is 33.7 Å². The molecule has 0 saturated carbocycles. The summed E-state index contributed by atoms with van der Waals surface area (Å²) in [5.74, 6) is -0.0643. The highest BCUT2D eigenvalue weighted by Gasteiger charge is 2.44. The van der Waals surface area contributed by atoms with E-state index >= 15 is 0 Å². The fourth-order valence-electron chi connectivity index (χ4n) is 4.28. The molecule has 2 aromatic carbocycles. The first-order chi connectivity index (χ1) is 14.3. The molecule has 154 valence electrons. The Labute approximate surface area is 177 Å².